The van der Waals surface area contributed by atoms with E-state index in [0.717, 1.165) is 26.7 Å². The van der Waals surface area contributed by atoms with Gasteiger partial charge < -0.3 is 4.74 Å². The van der Waals surface area contributed by atoms with Crippen LogP contribution < -0.4 is 4.74 Å². The number of benzene rings is 2. The molecule has 4 heteroatoms. The molecule has 0 amide bonds. The van der Waals surface area contributed by atoms with Crippen molar-refractivity contribution in [3.05, 3.63) is 93.6 Å². The van der Waals surface area contributed by atoms with Crippen LogP contribution in [-0.4, -0.2) is 17.9 Å². The minimum absolute atomic E-state index is 0.0427. The molecule has 0 unspecified atom stereocenters. The summed E-state index contributed by atoms with van der Waals surface area (Å²) in [4.78, 5) is 17.5. The number of ether oxygens (including phenoxy) is 1. The zero-order valence-electron chi connectivity index (χ0n) is 15.0. The van der Waals surface area contributed by atoms with Crippen molar-refractivity contribution in [3.8, 4) is 5.88 Å². The Hall–Kier alpha value is -2.46. The number of Topliss-reactive ketones (excluding diaryl/α,β-unsaturated/α-hetero) is 1. The van der Waals surface area contributed by atoms with Gasteiger partial charge in [-0.25, -0.2) is 4.98 Å². The van der Waals surface area contributed by atoms with Crippen molar-refractivity contribution in [1.29, 1.82) is 0 Å². The number of carbonyl (C=O) groups is 1. The topological polar surface area (TPSA) is 39.2 Å². The van der Waals surface area contributed by atoms with E-state index in [2.05, 4.69) is 20.9 Å². The Morgan fingerprint density at radius 1 is 1.00 bits per heavy atom. The molecule has 1 atom stereocenters. The number of hydrogen-bond donors (Lipinski definition) is 0. The maximum Gasteiger partial charge on any atom is 0.212 e. The van der Waals surface area contributed by atoms with E-state index in [1.54, 1.807) is 26.3 Å². The first-order valence-corrected chi connectivity index (χ1v) is 9.13. The molecule has 0 aliphatic carbocycles. The molecular formula is C22H20BrNO2. The summed E-state index contributed by atoms with van der Waals surface area (Å²) < 4.78 is 6.16. The highest BCUT2D eigenvalue weighted by molar-refractivity contribution is 9.10. The van der Waals surface area contributed by atoms with Gasteiger partial charge in [-0.1, -0.05) is 58.4 Å². The fourth-order valence-electron chi connectivity index (χ4n) is 3.49. The number of hydrogen-bond acceptors (Lipinski definition) is 3. The molecule has 1 aromatic heterocycles. The number of carbonyl (C=O) groups excluding carboxylic acids is 1. The van der Waals surface area contributed by atoms with E-state index in [9.17, 15) is 4.79 Å². The fourth-order valence-corrected chi connectivity index (χ4v) is 3.75. The van der Waals surface area contributed by atoms with Gasteiger partial charge in [-0.3, -0.25) is 4.79 Å². The van der Waals surface area contributed by atoms with E-state index in [0.29, 0.717) is 5.88 Å². The van der Waals surface area contributed by atoms with Crippen LogP contribution in [-0.2, 0) is 10.2 Å². The van der Waals surface area contributed by atoms with Gasteiger partial charge in [0.2, 0.25) is 5.88 Å². The molecule has 0 aliphatic rings. The Morgan fingerprint density at radius 2 is 1.65 bits per heavy atom. The molecule has 0 fully saturated rings. The van der Waals surface area contributed by atoms with Gasteiger partial charge in [0.05, 0.1) is 7.11 Å². The van der Waals surface area contributed by atoms with E-state index < -0.39 is 5.41 Å². The summed E-state index contributed by atoms with van der Waals surface area (Å²) in [5, 5.41) is 0. The average Bonchev–Trinajstić information content (AvgIpc) is 2.65. The van der Waals surface area contributed by atoms with Crippen LogP contribution in [0.2, 0.25) is 0 Å². The van der Waals surface area contributed by atoms with Crippen LogP contribution in [0.3, 0.4) is 0 Å². The summed E-state index contributed by atoms with van der Waals surface area (Å²) in [6.45, 7) is 3.67. The lowest BCUT2D eigenvalue weighted by Gasteiger charge is -2.34. The fraction of sp³-hybridized carbons (Fsp3) is 0.182. The van der Waals surface area contributed by atoms with Crippen molar-refractivity contribution in [1.82, 2.24) is 4.98 Å². The zero-order valence-corrected chi connectivity index (χ0v) is 16.6. The predicted octanol–water partition coefficient (Wildman–Crippen LogP) is 5.08. The van der Waals surface area contributed by atoms with Crippen molar-refractivity contribution in [2.45, 2.75) is 19.3 Å². The second-order valence-electron chi connectivity index (χ2n) is 6.22. The summed E-state index contributed by atoms with van der Waals surface area (Å²) >= 11 is 3.48. The second-order valence-corrected chi connectivity index (χ2v) is 7.13. The lowest BCUT2D eigenvalue weighted by Crippen LogP contribution is -2.37. The van der Waals surface area contributed by atoms with Crippen molar-refractivity contribution in [2.75, 3.05) is 7.11 Å². The standard InChI is InChI=1S/C22H20BrNO2/c1-15-6-4-5-7-20(15)22(16(2)25,17-8-11-19(23)12-9-17)18-10-13-21(26-3)24-14-18/h4-14H,1-3H3/t22-/m1/s1. The third-order valence-electron chi connectivity index (χ3n) is 4.73. The van der Waals surface area contributed by atoms with Crippen LogP contribution in [0.15, 0.2) is 71.3 Å². The van der Waals surface area contributed by atoms with Gasteiger partial charge in [0.25, 0.3) is 0 Å². The van der Waals surface area contributed by atoms with Gasteiger partial charge in [-0.2, -0.15) is 0 Å². The highest BCUT2D eigenvalue weighted by Crippen LogP contribution is 2.42. The van der Waals surface area contributed by atoms with E-state index >= 15 is 0 Å². The molecule has 132 valence electrons. The highest BCUT2D eigenvalue weighted by Gasteiger charge is 2.42. The zero-order chi connectivity index (χ0) is 18.7. The molecule has 3 aromatic rings. The molecule has 1 heterocycles. The Morgan fingerprint density at radius 3 is 2.19 bits per heavy atom. The average molecular weight is 410 g/mol. The molecule has 0 N–H and O–H groups in total. The van der Waals surface area contributed by atoms with Crippen molar-refractivity contribution < 1.29 is 9.53 Å². The SMILES string of the molecule is COc1ccc([C@@](C(C)=O)(c2ccc(Br)cc2)c2ccccc2C)cn1. The molecule has 0 spiro atoms. The Balaban J connectivity index is 2.37. The van der Waals surface area contributed by atoms with Crippen molar-refractivity contribution in [2.24, 2.45) is 0 Å². The van der Waals surface area contributed by atoms with Gasteiger partial charge in [0.1, 0.15) is 11.2 Å². The van der Waals surface area contributed by atoms with Crippen LogP contribution in [0.1, 0.15) is 29.2 Å². The maximum atomic E-state index is 13.2. The van der Waals surface area contributed by atoms with Gasteiger partial charge >= 0.3 is 0 Å². The number of rotatable bonds is 5. The Kier molecular flexibility index (Phi) is 5.23. The number of nitrogens with zero attached hydrogens (tertiary/aromatic N) is 1. The molecule has 0 aliphatic heterocycles. The number of aromatic nitrogens is 1. The van der Waals surface area contributed by atoms with Gasteiger partial charge in [-0.15, -0.1) is 0 Å². The Labute approximate surface area is 162 Å². The summed E-state index contributed by atoms with van der Waals surface area (Å²) in [7, 11) is 1.58. The van der Waals surface area contributed by atoms with Gasteiger partial charge in [-0.05, 0) is 48.2 Å². The van der Waals surface area contributed by atoms with Crippen molar-refractivity contribution in [3.63, 3.8) is 0 Å². The third kappa shape index (κ3) is 3.06. The summed E-state index contributed by atoms with van der Waals surface area (Å²) in [6, 6.07) is 19.6. The van der Waals surface area contributed by atoms with Crippen molar-refractivity contribution >= 4 is 21.7 Å². The van der Waals surface area contributed by atoms with E-state index in [1.165, 1.54) is 0 Å². The largest absolute Gasteiger partial charge is 0.481 e. The minimum Gasteiger partial charge on any atom is -0.481 e. The molecule has 0 radical (unpaired) electrons. The Bertz CT molecular complexity index is 920. The first-order valence-electron chi connectivity index (χ1n) is 8.34. The van der Waals surface area contributed by atoms with Crippen LogP contribution in [0.4, 0.5) is 0 Å². The summed E-state index contributed by atoms with van der Waals surface area (Å²) in [5.74, 6) is 0.563. The van der Waals surface area contributed by atoms with E-state index in [-0.39, 0.29) is 5.78 Å². The predicted molar refractivity (Wildman–Crippen MR) is 107 cm³/mol. The number of aryl methyl sites for hydroxylation is 1. The smallest absolute Gasteiger partial charge is 0.212 e. The molecule has 2 aromatic carbocycles. The van der Waals surface area contributed by atoms with Crippen LogP contribution in [0.25, 0.3) is 0 Å². The van der Waals surface area contributed by atoms with Gasteiger partial charge in [0.15, 0.2) is 0 Å². The van der Waals surface area contributed by atoms with Gasteiger partial charge in [0, 0.05) is 16.7 Å². The maximum absolute atomic E-state index is 13.2. The molecular weight excluding hydrogens is 390 g/mol. The second kappa shape index (κ2) is 7.42. The molecule has 0 saturated carbocycles. The van der Waals surface area contributed by atoms with E-state index in [1.807, 2.05) is 61.5 Å². The molecule has 3 nitrogen and oxygen atoms in total. The highest BCUT2D eigenvalue weighted by atomic mass is 79.9. The van der Waals surface area contributed by atoms with Crippen LogP contribution in [0, 0.1) is 6.92 Å². The molecule has 0 bridgehead atoms. The third-order valence-corrected chi connectivity index (χ3v) is 5.26. The summed E-state index contributed by atoms with van der Waals surface area (Å²) in [5.41, 5.74) is 2.82. The van der Waals surface area contributed by atoms with Crippen LogP contribution in [0.5, 0.6) is 5.88 Å². The molecule has 26 heavy (non-hydrogen) atoms. The van der Waals surface area contributed by atoms with Crippen LogP contribution >= 0.6 is 15.9 Å². The first-order chi connectivity index (χ1) is 12.5. The number of ketones is 1. The lowest BCUT2D eigenvalue weighted by molar-refractivity contribution is -0.119. The number of methoxy groups -OCH3 is 1. The number of halogens is 1. The summed E-state index contributed by atoms with van der Waals surface area (Å²) in [6.07, 6.45) is 1.73. The quantitative estimate of drug-likeness (QED) is 0.589. The first kappa shape index (κ1) is 18.3. The van der Waals surface area contributed by atoms with E-state index in [4.69, 9.17) is 4.74 Å². The normalized spacial score (nSPS) is 13.1. The number of pyridine rings is 1. The molecule has 0 saturated heterocycles. The monoisotopic (exact) mass is 409 g/mol. The lowest BCUT2D eigenvalue weighted by atomic mass is 9.66. The minimum atomic E-state index is -0.925. The molecule has 3 rings (SSSR count).